The Bertz CT molecular complexity index is 1250. The molecule has 0 saturated carbocycles. The summed E-state index contributed by atoms with van der Waals surface area (Å²) < 4.78 is 15.6. The predicted octanol–water partition coefficient (Wildman–Crippen LogP) is 4.61. The van der Waals surface area contributed by atoms with E-state index in [-0.39, 0.29) is 17.3 Å². The van der Waals surface area contributed by atoms with Crippen LogP contribution >= 0.6 is 11.8 Å². The molecule has 2 aromatic heterocycles. The number of amides is 1. The quantitative estimate of drug-likeness (QED) is 0.477. The first-order valence-electron chi connectivity index (χ1n) is 9.40. The molecule has 30 heavy (non-hydrogen) atoms. The Hall–Kier alpha value is -3.26. The van der Waals surface area contributed by atoms with Gasteiger partial charge in [0.2, 0.25) is 5.91 Å². The largest absolute Gasteiger partial charge is 0.323 e. The summed E-state index contributed by atoms with van der Waals surface area (Å²) in [4.78, 5) is 12.3. The third kappa shape index (κ3) is 3.91. The van der Waals surface area contributed by atoms with Crippen molar-refractivity contribution in [3.63, 3.8) is 0 Å². The number of nitrogens with one attached hydrogen (secondary N) is 1. The molecule has 0 atom stereocenters. The number of aromatic nitrogens is 4. The molecule has 4 aromatic rings. The topological polar surface area (TPSA) is 72.7 Å². The van der Waals surface area contributed by atoms with Crippen LogP contribution in [0.25, 0.3) is 16.6 Å². The fraction of sp³-hybridized carbons (Fsp3) is 0.182. The summed E-state index contributed by atoms with van der Waals surface area (Å²) in [5.74, 6) is -0.724. The van der Waals surface area contributed by atoms with Crippen LogP contribution in [0, 0.1) is 26.6 Å². The number of anilines is 1. The molecular formula is C22H20FN5OS. The molecule has 0 unspecified atom stereocenters. The molecule has 152 valence electrons. The fourth-order valence-electron chi connectivity index (χ4n) is 3.07. The number of nitrogens with zero attached hydrogens (tertiary/aromatic N) is 4. The molecule has 8 heteroatoms. The van der Waals surface area contributed by atoms with E-state index in [0.717, 1.165) is 27.8 Å². The van der Waals surface area contributed by atoms with Gasteiger partial charge in [-0.25, -0.2) is 9.07 Å². The van der Waals surface area contributed by atoms with Crippen molar-refractivity contribution in [3.05, 3.63) is 71.3 Å². The number of carbonyl (C=O) groups is 1. The maximum absolute atomic E-state index is 13.8. The summed E-state index contributed by atoms with van der Waals surface area (Å²) in [6, 6.07) is 12.2. The highest BCUT2D eigenvalue weighted by Gasteiger charge is 2.17. The fourth-order valence-corrected chi connectivity index (χ4v) is 3.85. The van der Waals surface area contributed by atoms with E-state index in [4.69, 9.17) is 0 Å². The molecule has 2 heterocycles. The number of rotatable bonds is 5. The number of fused-ring (bicyclic) bond motifs is 1. The van der Waals surface area contributed by atoms with Crippen LogP contribution in [0.3, 0.4) is 0 Å². The van der Waals surface area contributed by atoms with Gasteiger partial charge in [0.1, 0.15) is 16.4 Å². The van der Waals surface area contributed by atoms with Crippen LogP contribution in [0.15, 0.2) is 53.7 Å². The van der Waals surface area contributed by atoms with E-state index in [1.807, 2.05) is 23.7 Å². The lowest BCUT2D eigenvalue weighted by molar-refractivity contribution is -0.113. The van der Waals surface area contributed by atoms with Crippen molar-refractivity contribution in [2.75, 3.05) is 11.1 Å². The lowest BCUT2D eigenvalue weighted by atomic mass is 10.1. The second kappa shape index (κ2) is 8.23. The van der Waals surface area contributed by atoms with Crippen molar-refractivity contribution < 1.29 is 9.18 Å². The van der Waals surface area contributed by atoms with Crippen LogP contribution in [-0.2, 0) is 4.79 Å². The summed E-state index contributed by atoms with van der Waals surface area (Å²) in [6.07, 6.45) is 1.76. The van der Waals surface area contributed by atoms with Crippen LogP contribution in [0.1, 0.15) is 16.8 Å². The van der Waals surface area contributed by atoms with Crippen LogP contribution < -0.4 is 5.32 Å². The zero-order valence-electron chi connectivity index (χ0n) is 16.8. The van der Waals surface area contributed by atoms with Crippen molar-refractivity contribution >= 4 is 34.3 Å². The van der Waals surface area contributed by atoms with E-state index in [0.29, 0.717) is 5.03 Å². The van der Waals surface area contributed by atoms with Crippen molar-refractivity contribution in [3.8, 4) is 5.69 Å². The third-order valence-electron chi connectivity index (χ3n) is 4.88. The van der Waals surface area contributed by atoms with Gasteiger partial charge in [-0.2, -0.15) is 10.2 Å². The summed E-state index contributed by atoms with van der Waals surface area (Å²) >= 11 is 1.24. The second-order valence-electron chi connectivity index (χ2n) is 6.99. The molecule has 0 radical (unpaired) electrons. The highest BCUT2D eigenvalue weighted by Crippen LogP contribution is 2.29. The maximum Gasteiger partial charge on any atom is 0.234 e. The number of carbonyl (C=O) groups excluding carboxylic acids is 1. The number of aryl methyl sites for hydroxylation is 3. The molecule has 4 rings (SSSR count). The first-order valence-corrected chi connectivity index (χ1v) is 10.4. The minimum absolute atomic E-state index is 0.0687. The molecule has 1 amide bonds. The number of halogens is 1. The summed E-state index contributed by atoms with van der Waals surface area (Å²) in [6.45, 7) is 5.99. The van der Waals surface area contributed by atoms with Gasteiger partial charge in [-0.15, -0.1) is 5.10 Å². The zero-order valence-corrected chi connectivity index (χ0v) is 17.6. The van der Waals surface area contributed by atoms with Crippen molar-refractivity contribution in [1.82, 2.24) is 20.0 Å². The molecule has 0 bridgehead atoms. The van der Waals surface area contributed by atoms with Crippen LogP contribution in [0.2, 0.25) is 0 Å². The lowest BCUT2D eigenvalue weighted by Crippen LogP contribution is -2.15. The van der Waals surface area contributed by atoms with E-state index < -0.39 is 5.82 Å². The first-order chi connectivity index (χ1) is 14.4. The second-order valence-corrected chi connectivity index (χ2v) is 7.96. The third-order valence-corrected chi connectivity index (χ3v) is 5.83. The van der Waals surface area contributed by atoms with Crippen LogP contribution in [-0.4, -0.2) is 31.6 Å². The van der Waals surface area contributed by atoms with Gasteiger partial charge in [-0.1, -0.05) is 30.0 Å². The van der Waals surface area contributed by atoms with E-state index in [9.17, 15) is 9.18 Å². The monoisotopic (exact) mass is 421 g/mol. The average molecular weight is 422 g/mol. The van der Waals surface area contributed by atoms with Crippen molar-refractivity contribution in [2.24, 2.45) is 0 Å². The normalized spacial score (nSPS) is 11.1. The van der Waals surface area contributed by atoms with Gasteiger partial charge >= 0.3 is 0 Å². The number of thioether (sulfide) groups is 1. The highest BCUT2D eigenvalue weighted by molar-refractivity contribution is 8.00. The van der Waals surface area contributed by atoms with E-state index in [2.05, 4.69) is 40.5 Å². The van der Waals surface area contributed by atoms with Crippen molar-refractivity contribution in [2.45, 2.75) is 25.8 Å². The van der Waals surface area contributed by atoms with Gasteiger partial charge in [-0.05, 0) is 56.2 Å². The zero-order chi connectivity index (χ0) is 21.3. The average Bonchev–Trinajstić information content (AvgIpc) is 3.18. The molecule has 0 fully saturated rings. The smallest absolute Gasteiger partial charge is 0.234 e. The van der Waals surface area contributed by atoms with Gasteiger partial charge in [0.15, 0.2) is 0 Å². The Labute approximate surface area is 177 Å². The van der Waals surface area contributed by atoms with Gasteiger partial charge in [0, 0.05) is 5.39 Å². The van der Waals surface area contributed by atoms with E-state index >= 15 is 0 Å². The molecule has 0 aliphatic rings. The molecule has 0 spiro atoms. The Morgan fingerprint density at radius 3 is 2.67 bits per heavy atom. The SMILES string of the molecule is Cc1ccc(-n2ncc3c(C)nnc(SCC(=O)Nc4ccccc4F)c32)cc1C. The van der Waals surface area contributed by atoms with Gasteiger partial charge in [-0.3, -0.25) is 4.79 Å². The maximum atomic E-state index is 13.8. The summed E-state index contributed by atoms with van der Waals surface area (Å²) in [7, 11) is 0. The first kappa shape index (κ1) is 20.0. The Morgan fingerprint density at radius 2 is 1.90 bits per heavy atom. The van der Waals surface area contributed by atoms with Crippen LogP contribution in [0.5, 0.6) is 0 Å². The molecular weight excluding hydrogens is 401 g/mol. The number of hydrogen-bond acceptors (Lipinski definition) is 5. The minimum atomic E-state index is -0.471. The molecule has 2 aromatic carbocycles. The molecule has 0 aliphatic heterocycles. The highest BCUT2D eigenvalue weighted by atomic mass is 32.2. The Kier molecular flexibility index (Phi) is 5.50. The van der Waals surface area contributed by atoms with Crippen LogP contribution in [0.4, 0.5) is 10.1 Å². The number of hydrogen-bond donors (Lipinski definition) is 1. The van der Waals surface area contributed by atoms with Gasteiger partial charge in [0.05, 0.1) is 29.0 Å². The standard InChI is InChI=1S/C22H20FN5OS/c1-13-8-9-16(10-14(13)2)28-21-17(11-24-28)15(3)26-27-22(21)30-12-20(29)25-19-7-5-4-6-18(19)23/h4-11H,12H2,1-3H3,(H,25,29). The Balaban J connectivity index is 1.63. The Morgan fingerprint density at radius 1 is 1.10 bits per heavy atom. The van der Waals surface area contributed by atoms with Gasteiger partial charge in [0.25, 0.3) is 0 Å². The number of benzene rings is 2. The van der Waals surface area contributed by atoms with Gasteiger partial charge < -0.3 is 5.32 Å². The predicted molar refractivity (Wildman–Crippen MR) is 117 cm³/mol. The molecule has 0 saturated heterocycles. The van der Waals surface area contributed by atoms with E-state index in [1.54, 1.807) is 18.3 Å². The molecule has 6 nitrogen and oxygen atoms in total. The summed E-state index contributed by atoms with van der Waals surface area (Å²) in [5, 5.41) is 17.1. The molecule has 0 aliphatic carbocycles. The van der Waals surface area contributed by atoms with Crippen molar-refractivity contribution in [1.29, 1.82) is 0 Å². The lowest BCUT2D eigenvalue weighted by Gasteiger charge is -2.10. The summed E-state index contributed by atoms with van der Waals surface area (Å²) in [5.41, 5.74) is 5.00. The minimum Gasteiger partial charge on any atom is -0.323 e. The number of para-hydroxylation sites is 1. The van der Waals surface area contributed by atoms with E-state index in [1.165, 1.54) is 29.5 Å². The molecule has 1 N–H and O–H groups in total.